The molecule has 3 nitrogen and oxygen atoms in total. The van der Waals surface area contributed by atoms with Crippen molar-refractivity contribution < 1.29 is 4.79 Å². The van der Waals surface area contributed by atoms with Gasteiger partial charge in [0.1, 0.15) is 0 Å². The molecule has 3 aliphatic rings. The van der Waals surface area contributed by atoms with Gasteiger partial charge in [-0.15, -0.1) is 0 Å². The molecule has 1 heterocycles. The van der Waals surface area contributed by atoms with Crippen LogP contribution in [0.2, 0.25) is 0 Å². The molecule has 5 atom stereocenters. The summed E-state index contributed by atoms with van der Waals surface area (Å²) in [5, 5.41) is 0. The molecule has 3 heteroatoms. The van der Waals surface area contributed by atoms with Gasteiger partial charge in [0.2, 0.25) is 5.91 Å². The van der Waals surface area contributed by atoms with Crippen LogP contribution in [-0.2, 0) is 4.79 Å². The van der Waals surface area contributed by atoms with Gasteiger partial charge in [0, 0.05) is 24.5 Å². The number of rotatable bonds is 1. The maximum Gasteiger partial charge on any atom is 0.226 e. The van der Waals surface area contributed by atoms with Crippen LogP contribution in [0.1, 0.15) is 64.7 Å². The summed E-state index contributed by atoms with van der Waals surface area (Å²) in [6.07, 6.45) is 11.1. The third-order valence-electron chi connectivity index (χ3n) is 6.21. The van der Waals surface area contributed by atoms with Gasteiger partial charge in [-0.2, -0.15) is 0 Å². The van der Waals surface area contributed by atoms with Crippen molar-refractivity contribution in [1.82, 2.24) is 4.90 Å². The molecule has 2 aliphatic carbocycles. The second kappa shape index (κ2) is 6.05. The van der Waals surface area contributed by atoms with Crippen molar-refractivity contribution in [2.45, 2.75) is 76.8 Å². The number of hydrogen-bond acceptors (Lipinski definition) is 2. The molecule has 2 N–H and O–H groups in total. The van der Waals surface area contributed by atoms with E-state index in [0.29, 0.717) is 17.9 Å². The minimum absolute atomic E-state index is 0.194. The summed E-state index contributed by atoms with van der Waals surface area (Å²) in [5.74, 6) is 1.78. The summed E-state index contributed by atoms with van der Waals surface area (Å²) in [4.78, 5) is 15.3. The van der Waals surface area contributed by atoms with E-state index in [1.807, 2.05) is 0 Å². The molecule has 0 spiro atoms. The first-order valence-electron chi connectivity index (χ1n) is 8.74. The van der Waals surface area contributed by atoms with Gasteiger partial charge in [0.25, 0.3) is 0 Å². The summed E-state index contributed by atoms with van der Waals surface area (Å²) >= 11 is 0. The number of piperidine rings is 1. The van der Waals surface area contributed by atoms with E-state index in [-0.39, 0.29) is 12.0 Å². The maximum atomic E-state index is 13.0. The van der Waals surface area contributed by atoms with Crippen LogP contribution in [0.3, 0.4) is 0 Å². The minimum Gasteiger partial charge on any atom is -0.339 e. The molecule has 0 aromatic rings. The molecular weight excluding hydrogens is 248 g/mol. The van der Waals surface area contributed by atoms with Gasteiger partial charge in [0.15, 0.2) is 0 Å². The van der Waals surface area contributed by atoms with Crippen LogP contribution in [0.15, 0.2) is 0 Å². The Morgan fingerprint density at radius 3 is 2.60 bits per heavy atom. The lowest BCUT2D eigenvalue weighted by atomic mass is 9.74. The Kier molecular flexibility index (Phi) is 4.34. The van der Waals surface area contributed by atoms with Crippen LogP contribution < -0.4 is 5.73 Å². The van der Waals surface area contributed by atoms with Crippen molar-refractivity contribution in [3.05, 3.63) is 0 Å². The van der Waals surface area contributed by atoms with Gasteiger partial charge in [-0.05, 0) is 50.4 Å². The molecule has 0 radical (unpaired) electrons. The van der Waals surface area contributed by atoms with Gasteiger partial charge in [-0.3, -0.25) is 4.79 Å². The van der Waals surface area contributed by atoms with Crippen molar-refractivity contribution >= 4 is 5.91 Å². The fourth-order valence-corrected chi connectivity index (χ4v) is 4.86. The van der Waals surface area contributed by atoms with E-state index < -0.39 is 0 Å². The predicted octanol–water partition coefficient (Wildman–Crippen LogP) is 2.93. The molecule has 0 aromatic carbocycles. The topological polar surface area (TPSA) is 46.3 Å². The van der Waals surface area contributed by atoms with Gasteiger partial charge >= 0.3 is 0 Å². The normalized spacial score (nSPS) is 42.1. The first-order valence-corrected chi connectivity index (χ1v) is 8.74. The number of amides is 1. The number of hydrogen-bond donors (Lipinski definition) is 1. The summed E-state index contributed by atoms with van der Waals surface area (Å²) < 4.78 is 0. The van der Waals surface area contributed by atoms with Crippen molar-refractivity contribution in [2.24, 2.45) is 23.5 Å². The summed E-state index contributed by atoms with van der Waals surface area (Å²) in [5.41, 5.74) is 6.20. The zero-order valence-corrected chi connectivity index (χ0v) is 12.9. The van der Waals surface area contributed by atoms with E-state index in [4.69, 9.17) is 5.73 Å². The summed E-state index contributed by atoms with van der Waals surface area (Å²) in [6.45, 7) is 3.19. The molecule has 1 aliphatic heterocycles. The summed E-state index contributed by atoms with van der Waals surface area (Å²) in [7, 11) is 0. The highest BCUT2D eigenvalue weighted by atomic mass is 16.2. The zero-order chi connectivity index (χ0) is 14.1. The molecule has 0 bridgehead atoms. The Balaban J connectivity index is 1.71. The van der Waals surface area contributed by atoms with Gasteiger partial charge < -0.3 is 10.6 Å². The SMILES string of the molecule is CC1C(N)CCCC1C(=O)N1CCCC2CCCCC21. The Morgan fingerprint density at radius 1 is 1.00 bits per heavy atom. The van der Waals surface area contributed by atoms with Gasteiger partial charge in [-0.25, -0.2) is 0 Å². The van der Waals surface area contributed by atoms with Crippen LogP contribution in [0.5, 0.6) is 0 Å². The number of nitrogens with two attached hydrogens (primary N) is 1. The average molecular weight is 278 g/mol. The van der Waals surface area contributed by atoms with E-state index in [2.05, 4.69) is 11.8 Å². The first-order chi connectivity index (χ1) is 9.68. The molecule has 1 saturated heterocycles. The molecular formula is C17H30N2O. The molecule has 3 fully saturated rings. The molecule has 20 heavy (non-hydrogen) atoms. The lowest BCUT2D eigenvalue weighted by molar-refractivity contribution is -0.145. The molecule has 114 valence electrons. The highest BCUT2D eigenvalue weighted by Gasteiger charge is 2.41. The second-order valence-electron chi connectivity index (χ2n) is 7.35. The fraction of sp³-hybridized carbons (Fsp3) is 0.941. The van der Waals surface area contributed by atoms with Crippen molar-refractivity contribution in [2.75, 3.05) is 6.54 Å². The van der Waals surface area contributed by atoms with Crippen molar-refractivity contribution in [3.63, 3.8) is 0 Å². The summed E-state index contributed by atoms with van der Waals surface area (Å²) in [6, 6.07) is 0.778. The van der Waals surface area contributed by atoms with Gasteiger partial charge in [0.05, 0.1) is 0 Å². The average Bonchev–Trinajstić information content (AvgIpc) is 2.49. The minimum atomic E-state index is 0.194. The number of likely N-dealkylation sites (tertiary alicyclic amines) is 1. The Morgan fingerprint density at radius 2 is 1.75 bits per heavy atom. The van der Waals surface area contributed by atoms with Gasteiger partial charge in [-0.1, -0.05) is 26.2 Å². The third-order valence-corrected chi connectivity index (χ3v) is 6.21. The maximum absolute atomic E-state index is 13.0. The first kappa shape index (κ1) is 14.4. The van der Waals surface area contributed by atoms with Crippen LogP contribution >= 0.6 is 0 Å². The fourth-order valence-electron chi connectivity index (χ4n) is 4.86. The highest BCUT2D eigenvalue weighted by Crippen LogP contribution is 2.38. The van der Waals surface area contributed by atoms with Crippen molar-refractivity contribution in [3.8, 4) is 0 Å². The van der Waals surface area contributed by atoms with E-state index in [1.165, 1.54) is 38.5 Å². The number of fused-ring (bicyclic) bond motifs is 1. The Bertz CT molecular complexity index is 355. The van der Waals surface area contributed by atoms with E-state index in [9.17, 15) is 4.79 Å². The molecule has 2 saturated carbocycles. The van der Waals surface area contributed by atoms with E-state index in [1.54, 1.807) is 0 Å². The predicted molar refractivity (Wildman–Crippen MR) is 81.2 cm³/mol. The second-order valence-corrected chi connectivity index (χ2v) is 7.35. The molecule has 0 aromatic heterocycles. The Labute approximate surface area is 123 Å². The standard InChI is InChI=1S/C17H30N2O/c1-12-14(8-4-9-15(12)18)17(20)19-11-5-7-13-6-2-3-10-16(13)19/h12-16H,2-11,18H2,1H3. The number of carbonyl (C=O) groups excluding carboxylic acids is 1. The van der Waals surface area contributed by atoms with Crippen LogP contribution in [0.25, 0.3) is 0 Å². The molecule has 1 amide bonds. The highest BCUT2D eigenvalue weighted by molar-refractivity contribution is 5.79. The lowest BCUT2D eigenvalue weighted by Crippen LogP contribution is -2.54. The zero-order valence-electron chi connectivity index (χ0n) is 12.9. The van der Waals surface area contributed by atoms with Crippen LogP contribution in [-0.4, -0.2) is 29.4 Å². The van der Waals surface area contributed by atoms with Crippen LogP contribution in [0, 0.1) is 17.8 Å². The quantitative estimate of drug-likeness (QED) is 0.801. The molecule has 3 rings (SSSR count). The number of carbonyl (C=O) groups is 1. The molecule has 5 unspecified atom stereocenters. The third kappa shape index (κ3) is 2.61. The Hall–Kier alpha value is -0.570. The smallest absolute Gasteiger partial charge is 0.226 e. The largest absolute Gasteiger partial charge is 0.339 e. The lowest BCUT2D eigenvalue weighted by Gasteiger charge is -2.46. The van der Waals surface area contributed by atoms with Crippen LogP contribution in [0.4, 0.5) is 0 Å². The van der Waals surface area contributed by atoms with Crippen molar-refractivity contribution in [1.29, 1.82) is 0 Å². The van der Waals surface area contributed by atoms with E-state index in [0.717, 1.165) is 31.7 Å². The number of nitrogens with zero attached hydrogens (tertiary/aromatic N) is 1. The monoisotopic (exact) mass is 278 g/mol. The van der Waals surface area contributed by atoms with E-state index >= 15 is 0 Å².